The van der Waals surface area contributed by atoms with Gasteiger partial charge in [-0.05, 0) is 42.8 Å². The summed E-state index contributed by atoms with van der Waals surface area (Å²) in [5.41, 5.74) is 5.96. The van der Waals surface area contributed by atoms with Crippen LogP contribution in [0.1, 0.15) is 27.2 Å². The number of likely N-dealkylation sites (N-methyl/N-ethyl adjacent to an activating group) is 1. The predicted molar refractivity (Wildman–Crippen MR) is 98.9 cm³/mol. The molecule has 0 radical (unpaired) electrons. The van der Waals surface area contributed by atoms with Gasteiger partial charge >= 0.3 is 5.97 Å². The lowest BCUT2D eigenvalue weighted by Gasteiger charge is -2.24. The Morgan fingerprint density at radius 2 is 1.88 bits per heavy atom. The average molecular weight is 334 g/mol. The van der Waals surface area contributed by atoms with Crippen molar-refractivity contribution in [2.45, 2.75) is 19.5 Å². The van der Waals surface area contributed by atoms with Gasteiger partial charge in [0.2, 0.25) is 0 Å². The lowest BCUT2D eigenvalue weighted by atomic mass is 10.0. The number of ether oxygens (including phenoxy) is 1. The molecule has 0 saturated heterocycles. The molecule has 25 heavy (non-hydrogen) atoms. The van der Waals surface area contributed by atoms with Gasteiger partial charge < -0.3 is 14.2 Å². The van der Waals surface area contributed by atoms with Crippen LogP contribution in [0.15, 0.2) is 48.5 Å². The third kappa shape index (κ3) is 2.83. The summed E-state index contributed by atoms with van der Waals surface area (Å²) >= 11 is 0. The van der Waals surface area contributed by atoms with E-state index in [1.54, 1.807) is 0 Å². The number of para-hydroxylation sites is 1. The summed E-state index contributed by atoms with van der Waals surface area (Å²) in [6.07, 6.45) is 1.10. The van der Waals surface area contributed by atoms with E-state index in [0.717, 1.165) is 26.1 Å². The number of benzene rings is 2. The molecule has 0 atom stereocenters. The molecule has 0 spiro atoms. The molecule has 0 fully saturated rings. The highest BCUT2D eigenvalue weighted by Gasteiger charge is 2.22. The number of carbonyl (C=O) groups is 1. The van der Waals surface area contributed by atoms with Gasteiger partial charge in [-0.1, -0.05) is 30.3 Å². The number of carbonyl (C=O) groups excluding carboxylic acids is 1. The lowest BCUT2D eigenvalue weighted by molar-refractivity contribution is 0.0600. The first-order chi connectivity index (χ1) is 12.2. The highest BCUT2D eigenvalue weighted by atomic mass is 16.5. The van der Waals surface area contributed by atoms with Crippen molar-refractivity contribution >= 4 is 16.9 Å². The molecule has 0 bridgehead atoms. The summed E-state index contributed by atoms with van der Waals surface area (Å²) in [5, 5.41) is 1.37. The van der Waals surface area contributed by atoms with Gasteiger partial charge in [0.15, 0.2) is 0 Å². The Morgan fingerprint density at radius 3 is 2.64 bits per heavy atom. The Kier molecular flexibility index (Phi) is 4.06. The zero-order valence-electron chi connectivity index (χ0n) is 14.7. The second kappa shape index (κ2) is 6.37. The lowest BCUT2D eigenvalue weighted by Crippen LogP contribution is -2.27. The van der Waals surface area contributed by atoms with Crippen molar-refractivity contribution in [3.63, 3.8) is 0 Å². The molecule has 4 rings (SSSR count). The first-order valence-electron chi connectivity index (χ1n) is 8.62. The van der Waals surface area contributed by atoms with Crippen molar-refractivity contribution in [2.24, 2.45) is 0 Å². The van der Waals surface area contributed by atoms with Crippen LogP contribution in [-0.4, -0.2) is 36.1 Å². The summed E-state index contributed by atoms with van der Waals surface area (Å²) in [7, 11) is 3.58. The van der Waals surface area contributed by atoms with E-state index in [2.05, 4.69) is 40.8 Å². The second-order valence-electron chi connectivity index (χ2n) is 6.70. The quantitative estimate of drug-likeness (QED) is 0.688. The van der Waals surface area contributed by atoms with Crippen molar-refractivity contribution in [1.29, 1.82) is 0 Å². The first-order valence-corrected chi connectivity index (χ1v) is 8.62. The largest absolute Gasteiger partial charge is 0.465 e. The van der Waals surface area contributed by atoms with Crippen molar-refractivity contribution in [2.75, 3.05) is 20.7 Å². The number of aromatic nitrogens is 1. The molecular weight excluding hydrogens is 312 g/mol. The van der Waals surface area contributed by atoms with Crippen molar-refractivity contribution in [3.8, 4) is 0 Å². The summed E-state index contributed by atoms with van der Waals surface area (Å²) in [4.78, 5) is 14.0. The predicted octanol–water partition coefficient (Wildman–Crippen LogP) is 3.46. The number of methoxy groups -OCH3 is 1. The molecule has 0 N–H and O–H groups in total. The minimum absolute atomic E-state index is 0.294. The van der Waals surface area contributed by atoms with E-state index in [4.69, 9.17) is 4.74 Å². The van der Waals surface area contributed by atoms with Gasteiger partial charge in [-0.25, -0.2) is 4.79 Å². The van der Waals surface area contributed by atoms with Crippen LogP contribution in [0.2, 0.25) is 0 Å². The van der Waals surface area contributed by atoms with Crippen LogP contribution in [0.25, 0.3) is 10.9 Å². The van der Waals surface area contributed by atoms with Gasteiger partial charge in [0.25, 0.3) is 0 Å². The minimum Gasteiger partial charge on any atom is -0.465 e. The van der Waals surface area contributed by atoms with E-state index in [9.17, 15) is 4.79 Å². The maximum absolute atomic E-state index is 11.6. The molecule has 0 saturated carbocycles. The zero-order chi connectivity index (χ0) is 17.4. The molecule has 4 nitrogen and oxygen atoms in total. The molecule has 128 valence electrons. The highest BCUT2D eigenvalue weighted by molar-refractivity contribution is 5.89. The molecule has 3 aromatic rings. The number of fused-ring (bicyclic) bond motifs is 3. The average Bonchev–Trinajstić information content (AvgIpc) is 2.95. The number of hydrogen-bond donors (Lipinski definition) is 0. The number of hydrogen-bond acceptors (Lipinski definition) is 3. The Labute approximate surface area is 147 Å². The monoisotopic (exact) mass is 334 g/mol. The van der Waals surface area contributed by atoms with E-state index in [1.807, 2.05) is 24.3 Å². The smallest absolute Gasteiger partial charge is 0.337 e. The van der Waals surface area contributed by atoms with Crippen molar-refractivity contribution in [3.05, 3.63) is 70.9 Å². The number of nitrogens with zero attached hydrogens (tertiary/aromatic N) is 2. The van der Waals surface area contributed by atoms with E-state index in [0.29, 0.717) is 5.56 Å². The molecule has 0 aliphatic carbocycles. The Bertz CT molecular complexity index is 925. The van der Waals surface area contributed by atoms with Crippen LogP contribution in [0.4, 0.5) is 0 Å². The standard InChI is InChI=1S/C21H22N2O2/c1-22-12-11-18-17-5-3-4-6-19(17)23(20(18)14-22)13-15-7-9-16(10-8-15)21(24)25-2/h3-10H,11-14H2,1-2H3. The van der Waals surface area contributed by atoms with E-state index >= 15 is 0 Å². The molecule has 0 amide bonds. The Morgan fingerprint density at radius 1 is 1.12 bits per heavy atom. The minimum atomic E-state index is -0.294. The van der Waals surface area contributed by atoms with E-state index in [-0.39, 0.29) is 5.97 Å². The van der Waals surface area contributed by atoms with E-state index < -0.39 is 0 Å². The molecule has 1 aliphatic heterocycles. The fourth-order valence-corrected chi connectivity index (χ4v) is 3.75. The van der Waals surface area contributed by atoms with Crippen LogP contribution < -0.4 is 0 Å². The molecule has 2 aromatic carbocycles. The van der Waals surface area contributed by atoms with Gasteiger partial charge in [-0.2, -0.15) is 0 Å². The Hall–Kier alpha value is -2.59. The maximum atomic E-state index is 11.6. The highest BCUT2D eigenvalue weighted by Crippen LogP contribution is 2.31. The molecule has 1 aromatic heterocycles. The van der Waals surface area contributed by atoms with Gasteiger partial charge in [-0.15, -0.1) is 0 Å². The van der Waals surface area contributed by atoms with Crippen LogP contribution >= 0.6 is 0 Å². The first kappa shape index (κ1) is 15.9. The van der Waals surface area contributed by atoms with Crippen LogP contribution in [0, 0.1) is 0 Å². The van der Waals surface area contributed by atoms with Crippen LogP contribution in [0.5, 0.6) is 0 Å². The summed E-state index contributed by atoms with van der Waals surface area (Å²) in [5.74, 6) is -0.294. The van der Waals surface area contributed by atoms with Gasteiger partial charge in [0.1, 0.15) is 0 Å². The van der Waals surface area contributed by atoms with Gasteiger partial charge in [0, 0.05) is 36.2 Å². The zero-order valence-corrected chi connectivity index (χ0v) is 14.7. The van der Waals surface area contributed by atoms with Crippen molar-refractivity contribution in [1.82, 2.24) is 9.47 Å². The molecule has 2 heterocycles. The topological polar surface area (TPSA) is 34.5 Å². The molecule has 4 heteroatoms. The third-order valence-electron chi connectivity index (χ3n) is 5.07. The summed E-state index contributed by atoms with van der Waals surface area (Å²) < 4.78 is 7.20. The second-order valence-corrected chi connectivity index (χ2v) is 6.70. The Balaban J connectivity index is 1.74. The SMILES string of the molecule is COC(=O)c1ccc(Cn2c3c(c4ccccc42)CCN(C)C3)cc1. The van der Waals surface area contributed by atoms with Gasteiger partial charge in [0.05, 0.1) is 12.7 Å². The van der Waals surface area contributed by atoms with Crippen molar-refractivity contribution < 1.29 is 9.53 Å². The number of rotatable bonds is 3. The number of esters is 1. The van der Waals surface area contributed by atoms with Gasteiger partial charge in [-0.3, -0.25) is 0 Å². The fourth-order valence-electron chi connectivity index (χ4n) is 3.75. The molecule has 1 aliphatic rings. The summed E-state index contributed by atoms with van der Waals surface area (Å²) in [6.45, 7) is 2.89. The normalized spacial score (nSPS) is 14.5. The van der Waals surface area contributed by atoms with Crippen LogP contribution in [0.3, 0.4) is 0 Å². The molecular formula is C21H22N2O2. The maximum Gasteiger partial charge on any atom is 0.337 e. The third-order valence-corrected chi connectivity index (χ3v) is 5.07. The van der Waals surface area contributed by atoms with E-state index in [1.165, 1.54) is 34.8 Å². The fraction of sp³-hybridized carbons (Fsp3) is 0.286. The summed E-state index contributed by atoms with van der Waals surface area (Å²) in [6, 6.07) is 16.4. The van der Waals surface area contributed by atoms with Crippen LogP contribution in [-0.2, 0) is 24.2 Å². The molecule has 0 unspecified atom stereocenters.